The quantitative estimate of drug-likeness (QED) is 0.168. The van der Waals surface area contributed by atoms with E-state index in [0.29, 0.717) is 11.3 Å². The lowest BCUT2D eigenvalue weighted by Crippen LogP contribution is -2.21. The molecule has 0 saturated carbocycles. The zero-order valence-electron chi connectivity index (χ0n) is 21.9. The van der Waals surface area contributed by atoms with Crippen LogP contribution in [0.15, 0.2) is 102 Å². The second-order valence-corrected chi connectivity index (χ2v) is 9.34. The van der Waals surface area contributed by atoms with Crippen LogP contribution >= 0.6 is 0 Å². The van der Waals surface area contributed by atoms with E-state index in [1.165, 1.54) is 24.3 Å². The van der Waals surface area contributed by atoms with Crippen LogP contribution in [0.4, 0.5) is 5.69 Å². The van der Waals surface area contributed by atoms with Crippen LogP contribution in [0, 0.1) is 0 Å². The predicted octanol–water partition coefficient (Wildman–Crippen LogP) is 7.30. The van der Waals surface area contributed by atoms with E-state index >= 15 is 0 Å². The first-order valence-electron chi connectivity index (χ1n) is 13.2. The molecule has 1 aromatic heterocycles. The topological polar surface area (TPSA) is 59.7 Å². The summed E-state index contributed by atoms with van der Waals surface area (Å²) in [6.07, 6.45) is 8.55. The molecule has 0 unspecified atom stereocenters. The number of unbranched alkanes of at least 4 members (excludes halogenated alkanes) is 3. The molecule has 6 heteroatoms. The van der Waals surface area contributed by atoms with E-state index in [1.807, 2.05) is 109 Å². The third-order valence-electron chi connectivity index (χ3n) is 6.52. The average Bonchev–Trinajstić information content (AvgIpc) is 3.51. The minimum atomic E-state index is -0.154. The van der Waals surface area contributed by atoms with Crippen LogP contribution in [0.5, 0.6) is 5.75 Å². The van der Waals surface area contributed by atoms with Crippen molar-refractivity contribution in [2.45, 2.75) is 39.5 Å². The van der Waals surface area contributed by atoms with Crippen molar-refractivity contribution >= 4 is 23.4 Å². The summed E-state index contributed by atoms with van der Waals surface area (Å²) in [5.41, 5.74) is 5.48. The monoisotopic (exact) mass is 504 g/mol. The number of hydrogen-bond donors (Lipinski definition) is 0. The Morgan fingerprint density at radius 3 is 2.21 bits per heavy atom. The van der Waals surface area contributed by atoms with Crippen LogP contribution in [-0.2, 0) is 4.79 Å². The number of para-hydroxylation sites is 2. The van der Waals surface area contributed by atoms with E-state index in [0.717, 1.165) is 47.0 Å². The standard InChI is InChI=1S/C32H32N4O2/c1-3-4-5-12-21-38-29-19-17-25(18-20-29)31-26(23-35(34-31)27-13-8-6-9-14-27)22-30-24(2)33-36(32(30)37)28-15-10-7-11-16-28/h6-11,13-20,22-23H,3-5,12,21H2,1-2H3/b30-22+. The SMILES string of the molecule is CCCCCCOc1ccc(-c2nn(-c3ccccc3)cc2/C=C2/C(=O)N(c3ccccc3)N=C2C)cc1. The van der Waals surface area contributed by atoms with Gasteiger partial charge in [-0.1, -0.05) is 62.6 Å². The Morgan fingerprint density at radius 2 is 1.53 bits per heavy atom. The Bertz CT molecular complexity index is 1440. The zero-order chi connectivity index (χ0) is 26.3. The molecule has 0 radical (unpaired) electrons. The molecule has 0 spiro atoms. The summed E-state index contributed by atoms with van der Waals surface area (Å²) in [6.45, 7) is 4.79. The van der Waals surface area contributed by atoms with Crippen molar-refractivity contribution < 1.29 is 9.53 Å². The van der Waals surface area contributed by atoms with Gasteiger partial charge in [0, 0.05) is 17.3 Å². The Hall–Kier alpha value is -4.45. The van der Waals surface area contributed by atoms with Crippen LogP contribution in [0.2, 0.25) is 0 Å². The highest BCUT2D eigenvalue weighted by Crippen LogP contribution is 2.30. The van der Waals surface area contributed by atoms with Crippen LogP contribution < -0.4 is 9.75 Å². The van der Waals surface area contributed by atoms with Gasteiger partial charge < -0.3 is 4.74 Å². The molecule has 1 aliphatic rings. The summed E-state index contributed by atoms with van der Waals surface area (Å²) in [7, 11) is 0. The molecule has 3 aromatic carbocycles. The molecule has 0 fully saturated rings. The molecule has 0 saturated heterocycles. The zero-order valence-corrected chi connectivity index (χ0v) is 21.9. The maximum Gasteiger partial charge on any atom is 0.280 e. The normalized spacial score (nSPS) is 14.3. The summed E-state index contributed by atoms with van der Waals surface area (Å²) < 4.78 is 7.78. The summed E-state index contributed by atoms with van der Waals surface area (Å²) in [4.78, 5) is 13.4. The lowest BCUT2D eigenvalue weighted by Gasteiger charge is -2.11. The van der Waals surface area contributed by atoms with Crippen LogP contribution in [-0.4, -0.2) is 28.0 Å². The fourth-order valence-electron chi connectivity index (χ4n) is 4.44. The minimum absolute atomic E-state index is 0.154. The summed E-state index contributed by atoms with van der Waals surface area (Å²) >= 11 is 0. The number of anilines is 1. The first kappa shape index (κ1) is 25.2. The van der Waals surface area contributed by atoms with E-state index in [2.05, 4.69) is 12.0 Å². The number of aromatic nitrogens is 2. The van der Waals surface area contributed by atoms with Gasteiger partial charge in [-0.25, -0.2) is 4.68 Å². The van der Waals surface area contributed by atoms with Gasteiger partial charge in [0.05, 0.1) is 35.0 Å². The number of nitrogens with zero attached hydrogens (tertiary/aromatic N) is 4. The van der Waals surface area contributed by atoms with Crippen LogP contribution in [0.1, 0.15) is 45.1 Å². The predicted molar refractivity (Wildman–Crippen MR) is 154 cm³/mol. The van der Waals surface area contributed by atoms with Gasteiger partial charge in [0.2, 0.25) is 0 Å². The Morgan fingerprint density at radius 1 is 0.842 bits per heavy atom. The van der Waals surface area contributed by atoms with E-state index < -0.39 is 0 Å². The summed E-state index contributed by atoms with van der Waals surface area (Å²) in [6, 6.07) is 27.4. The van der Waals surface area contributed by atoms with E-state index in [4.69, 9.17) is 9.84 Å². The highest BCUT2D eigenvalue weighted by molar-refractivity contribution is 6.32. The molecule has 2 heterocycles. The first-order valence-corrected chi connectivity index (χ1v) is 13.2. The maximum atomic E-state index is 13.4. The first-order chi connectivity index (χ1) is 18.6. The molecule has 0 atom stereocenters. The lowest BCUT2D eigenvalue weighted by molar-refractivity contribution is -0.114. The smallest absolute Gasteiger partial charge is 0.280 e. The van der Waals surface area contributed by atoms with Gasteiger partial charge in [0.15, 0.2) is 0 Å². The van der Waals surface area contributed by atoms with E-state index in [9.17, 15) is 4.79 Å². The number of amides is 1. The molecule has 38 heavy (non-hydrogen) atoms. The van der Waals surface area contributed by atoms with E-state index in [-0.39, 0.29) is 5.91 Å². The number of carbonyl (C=O) groups is 1. The lowest BCUT2D eigenvalue weighted by atomic mass is 10.0. The molecule has 6 nitrogen and oxygen atoms in total. The third-order valence-corrected chi connectivity index (χ3v) is 6.52. The highest BCUT2D eigenvalue weighted by Gasteiger charge is 2.29. The number of hydrazone groups is 1. The third kappa shape index (κ3) is 5.59. The molecule has 1 aliphatic heterocycles. The van der Waals surface area contributed by atoms with Gasteiger partial charge in [0.25, 0.3) is 5.91 Å². The van der Waals surface area contributed by atoms with Crippen molar-refractivity contribution in [1.82, 2.24) is 9.78 Å². The molecule has 5 rings (SSSR count). The number of carbonyl (C=O) groups excluding carboxylic acids is 1. The second kappa shape index (κ2) is 11.7. The van der Waals surface area contributed by atoms with Gasteiger partial charge >= 0.3 is 0 Å². The summed E-state index contributed by atoms with van der Waals surface area (Å²) in [5.74, 6) is 0.694. The Kier molecular flexibility index (Phi) is 7.78. The maximum absolute atomic E-state index is 13.4. The fourth-order valence-corrected chi connectivity index (χ4v) is 4.44. The molecular weight excluding hydrogens is 472 g/mol. The second-order valence-electron chi connectivity index (χ2n) is 9.34. The molecule has 192 valence electrons. The molecule has 0 aliphatic carbocycles. The van der Waals surface area contributed by atoms with Gasteiger partial charge in [-0.05, 0) is 68.0 Å². The van der Waals surface area contributed by atoms with E-state index in [1.54, 1.807) is 0 Å². The van der Waals surface area contributed by atoms with Crippen molar-refractivity contribution in [2.24, 2.45) is 5.10 Å². The molecular formula is C32H32N4O2. The Balaban J connectivity index is 1.45. The minimum Gasteiger partial charge on any atom is -0.494 e. The largest absolute Gasteiger partial charge is 0.494 e. The molecule has 0 bridgehead atoms. The molecule has 0 N–H and O–H groups in total. The Labute approximate surface area is 223 Å². The number of hydrogen-bond acceptors (Lipinski definition) is 4. The number of benzene rings is 3. The van der Waals surface area contributed by atoms with Gasteiger partial charge in [-0.15, -0.1) is 0 Å². The average molecular weight is 505 g/mol. The van der Waals surface area contributed by atoms with Crippen molar-refractivity contribution in [3.05, 3.63) is 102 Å². The number of ether oxygens (including phenoxy) is 1. The highest BCUT2D eigenvalue weighted by atomic mass is 16.5. The summed E-state index contributed by atoms with van der Waals surface area (Å²) in [5, 5.41) is 10.9. The van der Waals surface area contributed by atoms with Crippen molar-refractivity contribution in [1.29, 1.82) is 0 Å². The van der Waals surface area contributed by atoms with Gasteiger partial charge in [-0.2, -0.15) is 15.2 Å². The molecule has 4 aromatic rings. The van der Waals surface area contributed by atoms with Gasteiger partial charge in [-0.3, -0.25) is 4.79 Å². The van der Waals surface area contributed by atoms with Crippen molar-refractivity contribution in [2.75, 3.05) is 11.6 Å². The van der Waals surface area contributed by atoms with Crippen molar-refractivity contribution in [3.8, 4) is 22.7 Å². The number of rotatable bonds is 10. The fraction of sp³-hybridized carbons (Fsp3) is 0.219. The van der Waals surface area contributed by atoms with Crippen LogP contribution in [0.25, 0.3) is 23.0 Å². The van der Waals surface area contributed by atoms with Crippen LogP contribution in [0.3, 0.4) is 0 Å². The molecule has 1 amide bonds. The van der Waals surface area contributed by atoms with Crippen molar-refractivity contribution in [3.63, 3.8) is 0 Å². The van der Waals surface area contributed by atoms with Gasteiger partial charge in [0.1, 0.15) is 5.75 Å².